The van der Waals surface area contributed by atoms with Crippen molar-refractivity contribution in [3.63, 3.8) is 0 Å². The first-order valence-electron chi connectivity index (χ1n) is 14.0. The molecule has 0 atom stereocenters. The van der Waals surface area contributed by atoms with Gasteiger partial charge in [0.2, 0.25) is 5.89 Å². The van der Waals surface area contributed by atoms with Crippen LogP contribution in [0, 0.1) is 6.92 Å². The van der Waals surface area contributed by atoms with E-state index in [1.54, 1.807) is 0 Å². The lowest BCUT2D eigenvalue weighted by atomic mass is 10.1. The Morgan fingerprint density at radius 1 is 0.810 bits per heavy atom. The maximum Gasteiger partial charge on any atom is 0.304 e. The fourth-order valence-electron chi connectivity index (χ4n) is 4.64. The van der Waals surface area contributed by atoms with E-state index >= 15 is 0 Å². The van der Waals surface area contributed by atoms with Crippen molar-refractivity contribution >= 4 is 5.97 Å². The third-order valence-corrected chi connectivity index (χ3v) is 6.78. The van der Waals surface area contributed by atoms with Crippen LogP contribution in [-0.2, 0) is 24.3 Å². The third kappa shape index (κ3) is 8.32. The number of aryl methyl sites for hydroxylation is 1. The van der Waals surface area contributed by atoms with Gasteiger partial charge in [0.15, 0.2) is 0 Å². The molecule has 0 saturated heterocycles. The molecule has 0 spiro atoms. The Labute approximate surface area is 246 Å². The molecule has 0 aliphatic carbocycles. The lowest BCUT2D eigenvalue weighted by Gasteiger charge is -2.22. The van der Waals surface area contributed by atoms with E-state index in [1.165, 1.54) is 0 Å². The Morgan fingerprint density at radius 2 is 1.50 bits per heavy atom. The van der Waals surface area contributed by atoms with Crippen LogP contribution in [0.25, 0.3) is 11.5 Å². The molecule has 0 amide bonds. The van der Waals surface area contributed by atoms with Crippen LogP contribution >= 0.6 is 0 Å². The number of carboxylic acid groups (broad SMARTS) is 1. The summed E-state index contributed by atoms with van der Waals surface area (Å²) < 4.78 is 17.8. The van der Waals surface area contributed by atoms with Crippen LogP contribution in [0.15, 0.2) is 114 Å². The summed E-state index contributed by atoms with van der Waals surface area (Å²) in [6.45, 7) is 4.04. The van der Waals surface area contributed by atoms with Crippen LogP contribution in [0.2, 0.25) is 0 Å². The van der Waals surface area contributed by atoms with Gasteiger partial charge in [-0.15, -0.1) is 0 Å². The van der Waals surface area contributed by atoms with Gasteiger partial charge >= 0.3 is 5.97 Å². The summed E-state index contributed by atoms with van der Waals surface area (Å²) in [6, 6.07) is 35.3. The van der Waals surface area contributed by atoms with Crippen molar-refractivity contribution in [2.24, 2.45) is 0 Å². The highest BCUT2D eigenvalue weighted by atomic mass is 16.5. The summed E-state index contributed by atoms with van der Waals surface area (Å²) in [7, 11) is 0. The Hall–Kier alpha value is -4.88. The van der Waals surface area contributed by atoms with Crippen LogP contribution in [-0.4, -0.2) is 34.1 Å². The Morgan fingerprint density at radius 3 is 2.24 bits per heavy atom. The molecular weight excluding hydrogens is 528 g/mol. The number of hydrogen-bond acceptors (Lipinski definition) is 6. The number of benzene rings is 4. The van der Waals surface area contributed by atoms with Crippen LogP contribution in [0.5, 0.6) is 17.2 Å². The largest absolute Gasteiger partial charge is 0.493 e. The molecule has 1 heterocycles. The summed E-state index contributed by atoms with van der Waals surface area (Å²) in [6.07, 6.45) is 0.703. The minimum atomic E-state index is -0.817. The van der Waals surface area contributed by atoms with Gasteiger partial charge in [-0.2, -0.15) is 0 Å². The van der Waals surface area contributed by atoms with E-state index in [-0.39, 0.29) is 6.42 Å². The number of oxazole rings is 1. The molecule has 4 aromatic carbocycles. The molecule has 1 N–H and O–H groups in total. The maximum atomic E-state index is 11.3. The first-order valence-corrected chi connectivity index (χ1v) is 14.0. The van der Waals surface area contributed by atoms with Crippen LogP contribution in [0.4, 0.5) is 0 Å². The fourth-order valence-corrected chi connectivity index (χ4v) is 4.64. The second kappa shape index (κ2) is 14.1. The molecular formula is C35H34N2O5. The molecule has 214 valence electrons. The van der Waals surface area contributed by atoms with Crippen molar-refractivity contribution in [3.05, 3.63) is 132 Å². The monoisotopic (exact) mass is 562 g/mol. The molecule has 5 rings (SSSR count). The highest BCUT2D eigenvalue weighted by molar-refractivity contribution is 5.66. The summed E-state index contributed by atoms with van der Waals surface area (Å²) in [4.78, 5) is 18.1. The normalized spacial score (nSPS) is 11.0. The smallest absolute Gasteiger partial charge is 0.304 e. The van der Waals surface area contributed by atoms with Gasteiger partial charge in [0.05, 0.1) is 18.7 Å². The first-order chi connectivity index (χ1) is 20.5. The number of carboxylic acids is 1. The van der Waals surface area contributed by atoms with E-state index in [4.69, 9.17) is 13.9 Å². The molecule has 7 nitrogen and oxygen atoms in total. The molecule has 7 heteroatoms. The number of aliphatic carboxylic acids is 1. The van der Waals surface area contributed by atoms with Gasteiger partial charge in [0.1, 0.15) is 23.0 Å². The second-order valence-corrected chi connectivity index (χ2v) is 10.0. The predicted molar refractivity (Wildman–Crippen MR) is 162 cm³/mol. The van der Waals surface area contributed by atoms with Gasteiger partial charge in [-0.05, 0) is 66.6 Å². The van der Waals surface area contributed by atoms with Crippen LogP contribution < -0.4 is 9.47 Å². The molecule has 0 aliphatic rings. The zero-order valence-electron chi connectivity index (χ0n) is 23.6. The average Bonchev–Trinajstić information content (AvgIpc) is 3.38. The Balaban J connectivity index is 1.16. The standard InChI is InChI=1S/C35H34N2O5/c1-26-33(36-35(41-26)29-10-4-2-5-11-29)20-22-40-30-17-15-27(16-18-30)24-37(21-19-34(38)39)25-28-9-8-14-32(23-28)42-31-12-6-3-7-13-31/h2-18,23H,19-22,24-25H2,1H3,(H,38,39). The number of ether oxygens (including phenoxy) is 2. The number of nitrogens with zero attached hydrogens (tertiary/aromatic N) is 2. The quantitative estimate of drug-likeness (QED) is 0.150. The van der Waals surface area contributed by atoms with Crippen molar-refractivity contribution in [1.82, 2.24) is 9.88 Å². The van der Waals surface area contributed by atoms with Crippen molar-refractivity contribution in [3.8, 4) is 28.7 Å². The molecule has 5 aromatic rings. The zero-order chi connectivity index (χ0) is 29.1. The number of aromatic nitrogens is 1. The number of para-hydroxylation sites is 1. The van der Waals surface area contributed by atoms with Crippen molar-refractivity contribution in [2.45, 2.75) is 32.9 Å². The summed E-state index contributed by atoms with van der Waals surface area (Å²) in [5.41, 5.74) is 3.96. The van der Waals surface area contributed by atoms with E-state index in [2.05, 4.69) is 9.88 Å². The molecule has 0 unspecified atom stereocenters. The van der Waals surface area contributed by atoms with Crippen molar-refractivity contribution in [2.75, 3.05) is 13.2 Å². The van der Waals surface area contributed by atoms with E-state index in [0.717, 1.165) is 45.4 Å². The van der Waals surface area contributed by atoms with Gasteiger partial charge < -0.3 is 19.0 Å². The summed E-state index contributed by atoms with van der Waals surface area (Å²) >= 11 is 0. The lowest BCUT2D eigenvalue weighted by molar-refractivity contribution is -0.137. The molecule has 42 heavy (non-hydrogen) atoms. The molecule has 1 aromatic heterocycles. The minimum absolute atomic E-state index is 0.0643. The minimum Gasteiger partial charge on any atom is -0.493 e. The van der Waals surface area contributed by atoms with Gasteiger partial charge in [0, 0.05) is 31.6 Å². The van der Waals surface area contributed by atoms with Gasteiger partial charge in [-0.1, -0.05) is 60.7 Å². The topological polar surface area (TPSA) is 85.0 Å². The number of hydrogen-bond donors (Lipinski definition) is 1. The Bertz CT molecular complexity index is 1570. The average molecular weight is 563 g/mol. The maximum absolute atomic E-state index is 11.3. The highest BCUT2D eigenvalue weighted by Gasteiger charge is 2.13. The van der Waals surface area contributed by atoms with Crippen molar-refractivity contribution < 1.29 is 23.8 Å². The molecule has 0 bridgehead atoms. The van der Waals surface area contributed by atoms with Crippen LogP contribution in [0.1, 0.15) is 29.0 Å². The highest BCUT2D eigenvalue weighted by Crippen LogP contribution is 2.24. The fraction of sp³-hybridized carbons (Fsp3) is 0.200. The van der Waals surface area contributed by atoms with E-state index in [1.807, 2.05) is 116 Å². The summed E-state index contributed by atoms with van der Waals surface area (Å²) in [5.74, 6) is 2.89. The van der Waals surface area contributed by atoms with E-state index in [9.17, 15) is 9.90 Å². The van der Waals surface area contributed by atoms with Gasteiger partial charge in [-0.25, -0.2) is 4.98 Å². The molecule has 0 saturated carbocycles. The van der Waals surface area contributed by atoms with Gasteiger partial charge in [-0.3, -0.25) is 9.69 Å². The number of rotatable bonds is 14. The SMILES string of the molecule is Cc1oc(-c2ccccc2)nc1CCOc1ccc(CN(CCC(=O)O)Cc2cccc(Oc3ccccc3)c2)cc1. The van der Waals surface area contributed by atoms with E-state index in [0.29, 0.717) is 38.6 Å². The predicted octanol–water partition coefficient (Wildman–Crippen LogP) is 7.54. The van der Waals surface area contributed by atoms with E-state index < -0.39 is 5.97 Å². The molecule has 0 radical (unpaired) electrons. The second-order valence-electron chi connectivity index (χ2n) is 10.0. The Kier molecular flexibility index (Phi) is 9.65. The molecule has 0 fully saturated rings. The van der Waals surface area contributed by atoms with Gasteiger partial charge in [0.25, 0.3) is 0 Å². The third-order valence-electron chi connectivity index (χ3n) is 6.78. The lowest BCUT2D eigenvalue weighted by Crippen LogP contribution is -2.25. The van der Waals surface area contributed by atoms with Crippen LogP contribution in [0.3, 0.4) is 0 Å². The van der Waals surface area contributed by atoms with Crippen molar-refractivity contribution in [1.29, 1.82) is 0 Å². The number of carbonyl (C=O) groups is 1. The zero-order valence-corrected chi connectivity index (χ0v) is 23.6. The molecule has 0 aliphatic heterocycles. The first kappa shape index (κ1) is 28.6. The summed E-state index contributed by atoms with van der Waals surface area (Å²) in [5, 5.41) is 9.31.